The second kappa shape index (κ2) is 6.58. The predicted octanol–water partition coefficient (Wildman–Crippen LogP) is 1.24. The van der Waals surface area contributed by atoms with Crippen LogP contribution in [0.3, 0.4) is 0 Å². The average Bonchev–Trinajstić information content (AvgIpc) is 2.50. The molecule has 1 aliphatic heterocycles. The SMILES string of the molecule is CC(CCCN)C(=O)N1CC(C(=O)O)Oc2ccccc21. The third-order valence-corrected chi connectivity index (χ3v) is 3.58. The van der Waals surface area contributed by atoms with Crippen LogP contribution < -0.4 is 15.4 Å². The van der Waals surface area contributed by atoms with Crippen LogP contribution >= 0.6 is 0 Å². The number of carboxylic acids is 1. The predicted molar refractivity (Wildman–Crippen MR) is 78.3 cm³/mol. The minimum absolute atomic E-state index is 0.0259. The maximum absolute atomic E-state index is 12.6. The molecule has 6 nitrogen and oxygen atoms in total. The van der Waals surface area contributed by atoms with Crippen LogP contribution in [0, 0.1) is 5.92 Å². The fraction of sp³-hybridized carbons (Fsp3) is 0.467. The summed E-state index contributed by atoms with van der Waals surface area (Å²) in [7, 11) is 0. The van der Waals surface area contributed by atoms with Gasteiger partial charge in [-0.25, -0.2) is 4.79 Å². The van der Waals surface area contributed by atoms with Crippen molar-refractivity contribution in [3.05, 3.63) is 24.3 Å². The lowest BCUT2D eigenvalue weighted by molar-refractivity contribution is -0.145. The van der Waals surface area contributed by atoms with Gasteiger partial charge in [0.25, 0.3) is 0 Å². The molecular formula is C15H20N2O4. The minimum atomic E-state index is -1.07. The van der Waals surface area contributed by atoms with Crippen molar-refractivity contribution in [3.8, 4) is 5.75 Å². The molecule has 114 valence electrons. The number of carbonyl (C=O) groups is 2. The van der Waals surface area contributed by atoms with Gasteiger partial charge < -0.3 is 20.5 Å². The van der Waals surface area contributed by atoms with Crippen LogP contribution in [-0.2, 0) is 9.59 Å². The van der Waals surface area contributed by atoms with Crippen molar-refractivity contribution in [2.75, 3.05) is 18.0 Å². The number of para-hydroxylation sites is 2. The molecule has 2 rings (SSSR count). The van der Waals surface area contributed by atoms with E-state index in [0.717, 1.165) is 6.42 Å². The van der Waals surface area contributed by atoms with Crippen molar-refractivity contribution in [3.63, 3.8) is 0 Å². The third kappa shape index (κ3) is 3.33. The molecule has 0 aliphatic carbocycles. The summed E-state index contributed by atoms with van der Waals surface area (Å²) in [6.45, 7) is 2.40. The Morgan fingerprint density at radius 2 is 2.19 bits per heavy atom. The summed E-state index contributed by atoms with van der Waals surface area (Å²) in [5.41, 5.74) is 6.10. The van der Waals surface area contributed by atoms with Gasteiger partial charge in [0.1, 0.15) is 5.75 Å². The first-order valence-corrected chi connectivity index (χ1v) is 7.04. The monoisotopic (exact) mass is 292 g/mol. The van der Waals surface area contributed by atoms with Gasteiger partial charge in [0.05, 0.1) is 12.2 Å². The van der Waals surface area contributed by atoms with Crippen molar-refractivity contribution in [1.82, 2.24) is 0 Å². The van der Waals surface area contributed by atoms with Gasteiger partial charge in [-0.3, -0.25) is 4.79 Å². The van der Waals surface area contributed by atoms with Crippen LogP contribution in [0.5, 0.6) is 5.75 Å². The number of ether oxygens (including phenoxy) is 1. The van der Waals surface area contributed by atoms with Gasteiger partial charge >= 0.3 is 5.97 Å². The molecule has 0 saturated carbocycles. The van der Waals surface area contributed by atoms with Crippen LogP contribution in [0.2, 0.25) is 0 Å². The second-order valence-electron chi connectivity index (χ2n) is 5.19. The van der Waals surface area contributed by atoms with Gasteiger partial charge in [-0.15, -0.1) is 0 Å². The number of anilines is 1. The van der Waals surface area contributed by atoms with E-state index in [0.29, 0.717) is 24.4 Å². The van der Waals surface area contributed by atoms with E-state index >= 15 is 0 Å². The molecule has 0 fully saturated rings. The number of aliphatic carboxylic acids is 1. The molecule has 1 aliphatic rings. The van der Waals surface area contributed by atoms with Crippen molar-refractivity contribution < 1.29 is 19.4 Å². The van der Waals surface area contributed by atoms with Crippen molar-refractivity contribution in [2.45, 2.75) is 25.9 Å². The van der Waals surface area contributed by atoms with E-state index in [1.54, 1.807) is 24.3 Å². The lowest BCUT2D eigenvalue weighted by atomic mass is 10.0. The van der Waals surface area contributed by atoms with Crippen LogP contribution in [0.4, 0.5) is 5.69 Å². The van der Waals surface area contributed by atoms with Gasteiger partial charge in [0, 0.05) is 5.92 Å². The summed E-state index contributed by atoms with van der Waals surface area (Å²) < 4.78 is 5.42. The van der Waals surface area contributed by atoms with E-state index in [2.05, 4.69) is 0 Å². The zero-order valence-electron chi connectivity index (χ0n) is 12.0. The highest BCUT2D eigenvalue weighted by Gasteiger charge is 2.34. The zero-order valence-corrected chi connectivity index (χ0v) is 12.0. The molecule has 2 unspecified atom stereocenters. The van der Waals surface area contributed by atoms with Gasteiger partial charge in [-0.05, 0) is 31.5 Å². The molecule has 0 spiro atoms. The second-order valence-corrected chi connectivity index (χ2v) is 5.19. The summed E-state index contributed by atoms with van der Waals surface area (Å²) in [5, 5.41) is 9.16. The van der Waals surface area contributed by atoms with Crippen LogP contribution in [0.1, 0.15) is 19.8 Å². The molecule has 21 heavy (non-hydrogen) atoms. The largest absolute Gasteiger partial charge is 0.478 e. The standard InChI is InChI=1S/C15H20N2O4/c1-10(5-4-8-16)14(18)17-9-13(15(19)20)21-12-7-3-2-6-11(12)17/h2-3,6-7,10,13H,4-5,8-9,16H2,1H3,(H,19,20). The zero-order chi connectivity index (χ0) is 15.4. The van der Waals surface area contributed by atoms with Crippen LogP contribution in [0.25, 0.3) is 0 Å². The number of rotatable bonds is 5. The summed E-state index contributed by atoms with van der Waals surface area (Å²) in [5.74, 6) is -0.938. The van der Waals surface area contributed by atoms with E-state index in [9.17, 15) is 9.59 Å². The molecule has 3 N–H and O–H groups in total. The topological polar surface area (TPSA) is 92.9 Å². The molecular weight excluding hydrogens is 272 g/mol. The van der Waals surface area contributed by atoms with Crippen LogP contribution in [-0.4, -0.2) is 36.2 Å². The molecule has 2 atom stereocenters. The van der Waals surface area contributed by atoms with E-state index in [4.69, 9.17) is 15.6 Å². The summed E-state index contributed by atoms with van der Waals surface area (Å²) in [6.07, 6.45) is 0.416. The average molecular weight is 292 g/mol. The highest BCUT2D eigenvalue weighted by molar-refractivity contribution is 5.97. The number of amides is 1. The lowest BCUT2D eigenvalue weighted by Gasteiger charge is -2.34. The first-order valence-electron chi connectivity index (χ1n) is 7.04. The quantitative estimate of drug-likeness (QED) is 0.851. The highest BCUT2D eigenvalue weighted by atomic mass is 16.5. The molecule has 0 radical (unpaired) electrons. The van der Waals surface area contributed by atoms with Gasteiger partial charge in [0.15, 0.2) is 0 Å². The Kier molecular flexibility index (Phi) is 4.80. The van der Waals surface area contributed by atoms with E-state index in [1.807, 2.05) is 6.92 Å². The molecule has 0 bridgehead atoms. The number of fused-ring (bicyclic) bond motifs is 1. The lowest BCUT2D eigenvalue weighted by Crippen LogP contribution is -2.48. The summed E-state index contributed by atoms with van der Waals surface area (Å²) in [6, 6.07) is 6.99. The molecule has 0 saturated heterocycles. The van der Waals surface area contributed by atoms with Crippen LogP contribution in [0.15, 0.2) is 24.3 Å². The Hall–Kier alpha value is -2.08. The van der Waals surface area contributed by atoms with Gasteiger partial charge in [-0.1, -0.05) is 19.1 Å². The normalized spacial score (nSPS) is 18.6. The first kappa shape index (κ1) is 15.3. The highest BCUT2D eigenvalue weighted by Crippen LogP contribution is 2.34. The smallest absolute Gasteiger partial charge is 0.346 e. The fourth-order valence-corrected chi connectivity index (χ4v) is 2.39. The van der Waals surface area contributed by atoms with E-state index in [-0.39, 0.29) is 18.4 Å². The Bertz CT molecular complexity index is 532. The van der Waals surface area contributed by atoms with Gasteiger partial charge in [-0.2, -0.15) is 0 Å². The molecule has 1 aromatic rings. The van der Waals surface area contributed by atoms with Crippen molar-refractivity contribution in [2.24, 2.45) is 11.7 Å². The number of carbonyl (C=O) groups excluding carboxylic acids is 1. The Morgan fingerprint density at radius 3 is 2.86 bits per heavy atom. The number of nitrogens with two attached hydrogens (primary N) is 1. The first-order chi connectivity index (χ1) is 10.0. The minimum Gasteiger partial charge on any atom is -0.478 e. The Balaban J connectivity index is 2.24. The number of hydrogen-bond acceptors (Lipinski definition) is 4. The number of carboxylic acid groups (broad SMARTS) is 1. The molecule has 0 aromatic heterocycles. The number of benzene rings is 1. The molecule has 1 aromatic carbocycles. The Labute approximate surface area is 123 Å². The summed E-state index contributed by atoms with van der Waals surface area (Å²) in [4.78, 5) is 25.3. The molecule has 1 heterocycles. The fourth-order valence-electron chi connectivity index (χ4n) is 2.39. The van der Waals surface area contributed by atoms with Crippen molar-refractivity contribution >= 4 is 17.6 Å². The third-order valence-electron chi connectivity index (χ3n) is 3.58. The number of hydrogen-bond donors (Lipinski definition) is 2. The number of nitrogens with zero attached hydrogens (tertiary/aromatic N) is 1. The van der Waals surface area contributed by atoms with E-state index in [1.165, 1.54) is 4.90 Å². The maximum Gasteiger partial charge on any atom is 0.346 e. The van der Waals surface area contributed by atoms with Crippen molar-refractivity contribution in [1.29, 1.82) is 0 Å². The van der Waals surface area contributed by atoms with Gasteiger partial charge in [0.2, 0.25) is 12.0 Å². The molecule has 6 heteroatoms. The summed E-state index contributed by atoms with van der Waals surface area (Å²) >= 11 is 0. The van der Waals surface area contributed by atoms with E-state index < -0.39 is 12.1 Å². The molecule has 1 amide bonds. The maximum atomic E-state index is 12.6. The Morgan fingerprint density at radius 1 is 1.48 bits per heavy atom.